The first-order valence-corrected chi connectivity index (χ1v) is 9.67. The van der Waals surface area contributed by atoms with Gasteiger partial charge in [0.2, 0.25) is 15.9 Å². The number of carbonyl (C=O) groups excluding carboxylic acids is 1. The Kier molecular flexibility index (Phi) is 8.21. The summed E-state index contributed by atoms with van der Waals surface area (Å²) in [6.07, 6.45) is 5.73. The predicted octanol–water partition coefficient (Wildman–Crippen LogP) is 3.24. The fourth-order valence-corrected chi connectivity index (χ4v) is 3.19. The molecule has 0 saturated heterocycles. The minimum atomic E-state index is -3.56. The molecule has 0 aromatic heterocycles. The number of ether oxygens (including phenoxy) is 1. The topological polar surface area (TPSA) is 75.7 Å². The Morgan fingerprint density at radius 3 is 2.42 bits per heavy atom. The Morgan fingerprint density at radius 2 is 1.83 bits per heavy atom. The largest absolute Gasteiger partial charge is 0.495 e. The molecule has 0 unspecified atom stereocenters. The molecule has 0 aliphatic carbocycles. The minimum absolute atomic E-state index is 0.117. The molecule has 0 spiro atoms. The van der Waals surface area contributed by atoms with Gasteiger partial charge in [0.25, 0.3) is 0 Å². The average Bonchev–Trinajstić information content (AvgIpc) is 2.54. The van der Waals surface area contributed by atoms with Gasteiger partial charge in [-0.15, -0.1) is 0 Å². The number of sulfonamides is 1. The quantitative estimate of drug-likeness (QED) is 0.653. The van der Waals surface area contributed by atoms with E-state index in [2.05, 4.69) is 12.2 Å². The van der Waals surface area contributed by atoms with Gasteiger partial charge in [0, 0.05) is 20.5 Å². The molecule has 0 heterocycles. The number of hydrogen-bond acceptors (Lipinski definition) is 4. The maximum absolute atomic E-state index is 12.2. The van der Waals surface area contributed by atoms with Crippen LogP contribution < -0.4 is 10.1 Å². The van der Waals surface area contributed by atoms with Crippen molar-refractivity contribution < 1.29 is 17.9 Å². The highest BCUT2D eigenvalue weighted by molar-refractivity contribution is 7.89. The van der Waals surface area contributed by atoms with Crippen molar-refractivity contribution >= 4 is 21.6 Å². The van der Waals surface area contributed by atoms with Crippen LogP contribution in [0, 0.1) is 0 Å². The third-order valence-electron chi connectivity index (χ3n) is 3.73. The fourth-order valence-electron chi connectivity index (χ4n) is 2.26. The van der Waals surface area contributed by atoms with E-state index in [1.807, 2.05) is 0 Å². The number of unbranched alkanes of at least 4 members (excludes halogenated alkanes) is 4. The zero-order valence-electron chi connectivity index (χ0n) is 15.0. The van der Waals surface area contributed by atoms with Crippen LogP contribution in [0.3, 0.4) is 0 Å². The van der Waals surface area contributed by atoms with Gasteiger partial charge in [-0.2, -0.15) is 0 Å². The standard InChI is InChI=1S/C17H28N2O4S/c1-5-6-7-8-9-10-17(20)18-15-13-14(11-12-16(15)23-4)24(21,22)19(2)3/h11-13H,5-10H2,1-4H3,(H,18,20). The Bertz CT molecular complexity index is 642. The summed E-state index contributed by atoms with van der Waals surface area (Å²) in [6.45, 7) is 2.15. The van der Waals surface area contributed by atoms with Gasteiger partial charge in [-0.25, -0.2) is 12.7 Å². The summed E-state index contributed by atoms with van der Waals surface area (Å²) >= 11 is 0. The van der Waals surface area contributed by atoms with E-state index in [0.717, 1.165) is 30.0 Å². The van der Waals surface area contributed by atoms with E-state index in [-0.39, 0.29) is 10.8 Å². The highest BCUT2D eigenvalue weighted by atomic mass is 32.2. The molecule has 0 radical (unpaired) electrons. The van der Waals surface area contributed by atoms with E-state index in [0.29, 0.717) is 17.9 Å². The Morgan fingerprint density at radius 1 is 1.17 bits per heavy atom. The van der Waals surface area contributed by atoms with Crippen LogP contribution in [-0.4, -0.2) is 39.8 Å². The summed E-state index contributed by atoms with van der Waals surface area (Å²) < 4.78 is 30.8. The second-order valence-corrected chi connectivity index (χ2v) is 8.01. The second kappa shape index (κ2) is 9.64. The van der Waals surface area contributed by atoms with Gasteiger partial charge in [0.1, 0.15) is 5.75 Å². The van der Waals surface area contributed by atoms with Crippen molar-refractivity contribution in [3.63, 3.8) is 0 Å². The van der Waals surface area contributed by atoms with Crippen molar-refractivity contribution in [2.75, 3.05) is 26.5 Å². The highest BCUT2D eigenvalue weighted by Crippen LogP contribution is 2.28. The first-order chi connectivity index (χ1) is 11.3. The molecule has 0 aliphatic heterocycles. The van der Waals surface area contributed by atoms with Crippen molar-refractivity contribution in [2.45, 2.75) is 50.3 Å². The molecule has 136 valence electrons. The van der Waals surface area contributed by atoms with E-state index in [4.69, 9.17) is 4.74 Å². The van der Waals surface area contributed by atoms with Gasteiger partial charge >= 0.3 is 0 Å². The van der Waals surface area contributed by atoms with E-state index in [1.54, 1.807) is 6.07 Å². The van der Waals surface area contributed by atoms with Crippen LogP contribution in [0.4, 0.5) is 5.69 Å². The lowest BCUT2D eigenvalue weighted by atomic mass is 10.1. The lowest BCUT2D eigenvalue weighted by Gasteiger charge is -2.15. The van der Waals surface area contributed by atoms with E-state index >= 15 is 0 Å². The number of nitrogens with one attached hydrogen (secondary N) is 1. The van der Waals surface area contributed by atoms with Crippen LogP contribution in [0.1, 0.15) is 45.4 Å². The number of methoxy groups -OCH3 is 1. The zero-order valence-corrected chi connectivity index (χ0v) is 15.8. The lowest BCUT2D eigenvalue weighted by molar-refractivity contribution is -0.116. The van der Waals surface area contributed by atoms with Gasteiger partial charge in [-0.3, -0.25) is 4.79 Å². The van der Waals surface area contributed by atoms with Crippen molar-refractivity contribution in [3.8, 4) is 5.75 Å². The monoisotopic (exact) mass is 356 g/mol. The predicted molar refractivity (Wildman–Crippen MR) is 95.9 cm³/mol. The molecule has 24 heavy (non-hydrogen) atoms. The van der Waals surface area contributed by atoms with Crippen molar-refractivity contribution in [1.29, 1.82) is 0 Å². The van der Waals surface area contributed by atoms with Gasteiger partial charge in [0.15, 0.2) is 0 Å². The molecule has 1 aromatic rings. The smallest absolute Gasteiger partial charge is 0.242 e. The summed E-state index contributed by atoms with van der Waals surface area (Å²) in [5.41, 5.74) is 0.374. The van der Waals surface area contributed by atoms with Gasteiger partial charge in [-0.05, 0) is 24.6 Å². The molecule has 6 nitrogen and oxygen atoms in total. The van der Waals surface area contributed by atoms with Gasteiger partial charge in [-0.1, -0.05) is 32.6 Å². The van der Waals surface area contributed by atoms with Crippen LogP contribution in [-0.2, 0) is 14.8 Å². The maximum atomic E-state index is 12.2. The number of hydrogen-bond donors (Lipinski definition) is 1. The number of rotatable bonds is 10. The Labute approximate surface area is 145 Å². The SMILES string of the molecule is CCCCCCCC(=O)Nc1cc(S(=O)(=O)N(C)C)ccc1OC. The third kappa shape index (κ3) is 5.79. The fraction of sp³-hybridized carbons (Fsp3) is 0.588. The molecule has 1 aromatic carbocycles. The van der Waals surface area contributed by atoms with E-state index in [9.17, 15) is 13.2 Å². The summed E-state index contributed by atoms with van der Waals surface area (Å²) in [4.78, 5) is 12.2. The van der Waals surface area contributed by atoms with Crippen LogP contribution in [0.2, 0.25) is 0 Å². The molecule has 1 rings (SSSR count). The summed E-state index contributed by atoms with van der Waals surface area (Å²) in [5, 5.41) is 2.76. The van der Waals surface area contributed by atoms with Crippen LogP contribution in [0.15, 0.2) is 23.1 Å². The van der Waals surface area contributed by atoms with E-state index in [1.165, 1.54) is 39.8 Å². The number of carbonyl (C=O) groups is 1. The summed E-state index contributed by atoms with van der Waals surface area (Å²) in [7, 11) is 0.854. The zero-order chi connectivity index (χ0) is 18.2. The molecule has 0 atom stereocenters. The van der Waals surface area contributed by atoms with Gasteiger partial charge < -0.3 is 10.1 Å². The molecule has 7 heteroatoms. The van der Waals surface area contributed by atoms with Gasteiger partial charge in [0.05, 0.1) is 17.7 Å². The van der Waals surface area contributed by atoms with Crippen LogP contribution >= 0.6 is 0 Å². The lowest BCUT2D eigenvalue weighted by Crippen LogP contribution is -2.22. The van der Waals surface area contributed by atoms with Crippen molar-refractivity contribution in [3.05, 3.63) is 18.2 Å². The highest BCUT2D eigenvalue weighted by Gasteiger charge is 2.19. The normalized spacial score (nSPS) is 11.5. The average molecular weight is 356 g/mol. The van der Waals surface area contributed by atoms with Crippen LogP contribution in [0.5, 0.6) is 5.75 Å². The number of amides is 1. The van der Waals surface area contributed by atoms with Crippen molar-refractivity contribution in [1.82, 2.24) is 4.31 Å². The molecule has 1 amide bonds. The minimum Gasteiger partial charge on any atom is -0.495 e. The Balaban J connectivity index is 2.80. The molecular weight excluding hydrogens is 328 g/mol. The first kappa shape index (κ1) is 20.4. The van der Waals surface area contributed by atoms with E-state index < -0.39 is 10.0 Å². The molecule has 0 saturated carbocycles. The maximum Gasteiger partial charge on any atom is 0.242 e. The Hall–Kier alpha value is -1.60. The molecule has 0 bridgehead atoms. The summed E-state index contributed by atoms with van der Waals surface area (Å²) in [6, 6.07) is 4.45. The first-order valence-electron chi connectivity index (χ1n) is 8.23. The molecule has 0 fully saturated rings. The molecule has 0 aliphatic rings. The number of nitrogens with zero attached hydrogens (tertiary/aromatic N) is 1. The number of anilines is 1. The molecular formula is C17H28N2O4S. The second-order valence-electron chi connectivity index (χ2n) is 5.86. The number of benzene rings is 1. The third-order valence-corrected chi connectivity index (χ3v) is 5.54. The molecule has 1 N–H and O–H groups in total. The van der Waals surface area contributed by atoms with Crippen LogP contribution in [0.25, 0.3) is 0 Å². The van der Waals surface area contributed by atoms with Crippen molar-refractivity contribution in [2.24, 2.45) is 0 Å². The summed E-state index contributed by atoms with van der Waals surface area (Å²) in [5.74, 6) is 0.302.